The molecule has 1 amide bonds. The molecule has 1 fully saturated rings. The number of esters is 1. The van der Waals surface area contributed by atoms with E-state index >= 15 is 0 Å². The Bertz CT molecular complexity index is 1580. The van der Waals surface area contributed by atoms with Crippen molar-refractivity contribution in [2.45, 2.75) is 58.2 Å². The molecule has 1 saturated heterocycles. The van der Waals surface area contributed by atoms with Crippen molar-refractivity contribution in [3.8, 4) is 11.5 Å². The van der Waals surface area contributed by atoms with Gasteiger partial charge in [0.05, 0.1) is 17.2 Å². The average molecular weight is 661 g/mol. The molecule has 3 aromatic carbocycles. The highest BCUT2D eigenvalue weighted by Crippen LogP contribution is 2.26. The van der Waals surface area contributed by atoms with Gasteiger partial charge >= 0.3 is 5.97 Å². The van der Waals surface area contributed by atoms with E-state index in [1.807, 2.05) is 0 Å². The summed E-state index contributed by atoms with van der Waals surface area (Å²) in [4.78, 5) is 54.5. The number of amides is 1. The van der Waals surface area contributed by atoms with E-state index in [4.69, 9.17) is 23.7 Å². The van der Waals surface area contributed by atoms with E-state index in [-0.39, 0.29) is 53.5 Å². The summed E-state index contributed by atoms with van der Waals surface area (Å²) in [7, 11) is 3.00. The van der Waals surface area contributed by atoms with Crippen molar-refractivity contribution in [2.75, 3.05) is 40.9 Å². The first-order valence-corrected chi connectivity index (χ1v) is 15.8. The van der Waals surface area contributed by atoms with Gasteiger partial charge in [0.2, 0.25) is 0 Å². The SMILES string of the molecule is COCOc1ccc(C(=O)N[C@@H]2CN(C(C)(C)C)CCC[C@H]2OC(=O)c2ccc(C(=O)c3cc(C(C)=O)ccc3OCOC)cc2)cc1. The first-order chi connectivity index (χ1) is 22.9. The minimum absolute atomic E-state index is 0.0727. The zero-order valence-electron chi connectivity index (χ0n) is 28.4. The standard InChI is InChI=1S/C37H44N2O9/c1-24(40)28-15-18-32(47-23-45-6)30(20-28)34(41)25-9-11-27(12-10-25)36(43)48-33-8-7-19-39(37(2,3)4)21-31(33)38-35(42)26-13-16-29(17-14-26)46-22-44-5/h9-18,20,31,33H,7-8,19,21-23H2,1-6H3,(H,38,42)/t31-,33-/m1/s1. The molecule has 0 aromatic heterocycles. The Balaban J connectivity index is 1.51. The largest absolute Gasteiger partial charge is 0.468 e. The van der Waals surface area contributed by atoms with Gasteiger partial charge in [0.1, 0.15) is 17.6 Å². The Morgan fingerprint density at radius 2 is 1.42 bits per heavy atom. The summed E-state index contributed by atoms with van der Waals surface area (Å²) in [6, 6.07) is 17.0. The van der Waals surface area contributed by atoms with E-state index in [0.29, 0.717) is 35.4 Å². The molecule has 0 unspecified atom stereocenters. The maximum absolute atomic E-state index is 13.5. The van der Waals surface area contributed by atoms with Crippen LogP contribution in [-0.2, 0) is 14.2 Å². The van der Waals surface area contributed by atoms with Crippen molar-refractivity contribution in [1.82, 2.24) is 10.2 Å². The second-order valence-corrected chi connectivity index (χ2v) is 12.6. The number of carbonyl (C=O) groups excluding carboxylic acids is 4. The number of ether oxygens (including phenoxy) is 5. The van der Waals surface area contributed by atoms with Crippen molar-refractivity contribution < 1.29 is 42.9 Å². The van der Waals surface area contributed by atoms with Gasteiger partial charge in [0, 0.05) is 43.0 Å². The maximum Gasteiger partial charge on any atom is 0.338 e. The summed E-state index contributed by atoms with van der Waals surface area (Å²) < 4.78 is 26.9. The monoisotopic (exact) mass is 660 g/mol. The number of methoxy groups -OCH3 is 2. The molecular weight excluding hydrogens is 616 g/mol. The first kappa shape index (κ1) is 36.3. The number of hydrogen-bond acceptors (Lipinski definition) is 10. The second kappa shape index (κ2) is 16.5. The molecule has 11 nitrogen and oxygen atoms in total. The minimum Gasteiger partial charge on any atom is -0.468 e. The van der Waals surface area contributed by atoms with Crippen LogP contribution in [0.1, 0.15) is 87.5 Å². The Hall–Kier alpha value is -4.58. The molecule has 0 radical (unpaired) electrons. The molecule has 11 heteroatoms. The Labute approximate surface area is 281 Å². The van der Waals surface area contributed by atoms with Gasteiger partial charge in [-0.25, -0.2) is 4.79 Å². The molecule has 1 heterocycles. The van der Waals surface area contributed by atoms with Gasteiger partial charge in [-0.15, -0.1) is 0 Å². The van der Waals surface area contributed by atoms with Crippen LogP contribution in [0.4, 0.5) is 0 Å². The number of ketones is 2. The zero-order chi connectivity index (χ0) is 34.8. The van der Waals surface area contributed by atoms with Crippen LogP contribution in [0.15, 0.2) is 66.7 Å². The normalized spacial score (nSPS) is 16.8. The van der Waals surface area contributed by atoms with Crippen LogP contribution in [0, 0.1) is 0 Å². The molecule has 0 spiro atoms. The van der Waals surface area contributed by atoms with Crippen LogP contribution in [0.2, 0.25) is 0 Å². The lowest BCUT2D eigenvalue weighted by molar-refractivity contribution is 0.0157. The van der Waals surface area contributed by atoms with E-state index in [2.05, 4.69) is 31.0 Å². The number of carbonyl (C=O) groups is 4. The fraction of sp³-hybridized carbons (Fsp3) is 0.405. The summed E-state index contributed by atoms with van der Waals surface area (Å²) in [5.41, 5.74) is 1.41. The Morgan fingerprint density at radius 3 is 2.04 bits per heavy atom. The van der Waals surface area contributed by atoms with E-state index in [0.717, 1.165) is 13.0 Å². The van der Waals surface area contributed by atoms with Gasteiger partial charge < -0.3 is 29.0 Å². The number of nitrogens with zero attached hydrogens (tertiary/aromatic N) is 1. The summed E-state index contributed by atoms with van der Waals surface area (Å²) in [5.74, 6) is -0.576. The van der Waals surface area contributed by atoms with Crippen LogP contribution >= 0.6 is 0 Å². The molecule has 0 aliphatic carbocycles. The fourth-order valence-corrected chi connectivity index (χ4v) is 5.39. The predicted octanol–water partition coefficient (Wildman–Crippen LogP) is 5.30. The maximum atomic E-state index is 13.5. The third kappa shape index (κ3) is 9.50. The fourth-order valence-electron chi connectivity index (χ4n) is 5.39. The second-order valence-electron chi connectivity index (χ2n) is 12.6. The number of benzene rings is 3. The van der Waals surface area contributed by atoms with Crippen LogP contribution < -0.4 is 14.8 Å². The van der Waals surface area contributed by atoms with Gasteiger partial charge in [-0.3, -0.25) is 19.3 Å². The minimum atomic E-state index is -0.589. The molecule has 2 atom stereocenters. The highest BCUT2D eigenvalue weighted by atomic mass is 16.7. The van der Waals surface area contributed by atoms with E-state index in [1.54, 1.807) is 36.4 Å². The van der Waals surface area contributed by atoms with Crippen LogP contribution in [0.25, 0.3) is 0 Å². The highest BCUT2D eigenvalue weighted by Gasteiger charge is 2.35. The van der Waals surface area contributed by atoms with Crippen LogP contribution in [0.5, 0.6) is 11.5 Å². The third-order valence-electron chi connectivity index (χ3n) is 8.11. The Morgan fingerprint density at radius 1 is 0.812 bits per heavy atom. The predicted molar refractivity (Wildman–Crippen MR) is 179 cm³/mol. The van der Waals surface area contributed by atoms with Gasteiger partial charge in [-0.05, 0) is 102 Å². The number of hydrogen-bond donors (Lipinski definition) is 1. The molecule has 0 bridgehead atoms. The van der Waals surface area contributed by atoms with Crippen molar-refractivity contribution in [3.05, 3.63) is 94.5 Å². The molecule has 3 aromatic rings. The smallest absolute Gasteiger partial charge is 0.338 e. The molecule has 1 aliphatic rings. The molecule has 256 valence electrons. The van der Waals surface area contributed by atoms with Crippen LogP contribution in [0.3, 0.4) is 0 Å². The Kier molecular flexibility index (Phi) is 12.5. The van der Waals surface area contributed by atoms with E-state index in [1.165, 1.54) is 51.5 Å². The molecule has 48 heavy (non-hydrogen) atoms. The number of nitrogens with one attached hydrogen (secondary N) is 1. The van der Waals surface area contributed by atoms with Crippen LogP contribution in [-0.4, -0.2) is 86.9 Å². The summed E-state index contributed by atoms with van der Waals surface area (Å²) in [6.45, 7) is 9.06. The van der Waals surface area contributed by atoms with Crippen molar-refractivity contribution in [2.24, 2.45) is 0 Å². The molecule has 0 saturated carbocycles. The van der Waals surface area contributed by atoms with Crippen molar-refractivity contribution in [1.29, 1.82) is 0 Å². The lowest BCUT2D eigenvalue weighted by Crippen LogP contribution is -2.53. The van der Waals surface area contributed by atoms with E-state index in [9.17, 15) is 19.2 Å². The average Bonchev–Trinajstić information content (AvgIpc) is 3.28. The topological polar surface area (TPSA) is 130 Å². The highest BCUT2D eigenvalue weighted by molar-refractivity contribution is 6.12. The van der Waals surface area contributed by atoms with E-state index < -0.39 is 18.1 Å². The summed E-state index contributed by atoms with van der Waals surface area (Å²) >= 11 is 0. The van der Waals surface area contributed by atoms with Crippen molar-refractivity contribution in [3.63, 3.8) is 0 Å². The summed E-state index contributed by atoms with van der Waals surface area (Å²) in [5, 5.41) is 3.11. The lowest BCUT2D eigenvalue weighted by Gasteiger charge is -2.37. The molecule has 4 rings (SSSR count). The van der Waals surface area contributed by atoms with Gasteiger partial charge in [-0.2, -0.15) is 0 Å². The molecular formula is C37H44N2O9. The zero-order valence-corrected chi connectivity index (χ0v) is 28.4. The van der Waals surface area contributed by atoms with Crippen molar-refractivity contribution >= 4 is 23.4 Å². The molecule has 1 N–H and O–H groups in total. The number of rotatable bonds is 13. The number of Topliss-reactive ketones (excluding diaryl/α,β-unsaturated/α-hetero) is 1. The molecule has 1 aliphatic heterocycles. The van der Waals surface area contributed by atoms with Gasteiger partial charge in [-0.1, -0.05) is 12.1 Å². The quantitative estimate of drug-likeness (QED) is 0.146. The lowest BCUT2D eigenvalue weighted by atomic mass is 9.98. The van der Waals surface area contributed by atoms with Gasteiger partial charge in [0.25, 0.3) is 5.91 Å². The number of likely N-dealkylation sites (tertiary alicyclic amines) is 1. The summed E-state index contributed by atoms with van der Waals surface area (Å²) in [6.07, 6.45) is 0.738. The third-order valence-corrected chi connectivity index (χ3v) is 8.11. The van der Waals surface area contributed by atoms with Gasteiger partial charge in [0.15, 0.2) is 25.2 Å². The first-order valence-electron chi connectivity index (χ1n) is 15.8.